The predicted octanol–water partition coefficient (Wildman–Crippen LogP) is 3.87. The van der Waals surface area contributed by atoms with Crippen LogP contribution in [0.25, 0.3) is 0 Å². The molecule has 1 N–H and O–H groups in total. The lowest BCUT2D eigenvalue weighted by Gasteiger charge is -2.18. The van der Waals surface area contributed by atoms with Gasteiger partial charge in [-0.15, -0.1) is 0 Å². The van der Waals surface area contributed by atoms with Crippen LogP contribution < -0.4 is 10.1 Å². The minimum absolute atomic E-state index is 0.00607. The van der Waals surface area contributed by atoms with Crippen molar-refractivity contribution >= 4 is 11.6 Å². The fraction of sp³-hybridized carbons (Fsp3) is 0.381. The Labute approximate surface area is 150 Å². The van der Waals surface area contributed by atoms with Gasteiger partial charge in [-0.05, 0) is 57.5 Å². The van der Waals surface area contributed by atoms with Crippen molar-refractivity contribution in [1.82, 2.24) is 4.90 Å². The summed E-state index contributed by atoms with van der Waals surface area (Å²) in [4.78, 5) is 14.3. The SMILES string of the molecule is Cc1cc(C)c(NC(=O)CN(C)CCOc2ccccc2C)c(C)c1. The molecule has 0 bridgehead atoms. The Kier molecular flexibility index (Phi) is 6.59. The fourth-order valence-electron chi connectivity index (χ4n) is 2.91. The zero-order valence-electron chi connectivity index (χ0n) is 15.8. The molecule has 2 aromatic rings. The normalized spacial score (nSPS) is 10.8. The van der Waals surface area contributed by atoms with Crippen LogP contribution in [-0.4, -0.2) is 37.6 Å². The van der Waals surface area contributed by atoms with Gasteiger partial charge in [0, 0.05) is 12.2 Å². The summed E-state index contributed by atoms with van der Waals surface area (Å²) >= 11 is 0. The highest BCUT2D eigenvalue weighted by Crippen LogP contribution is 2.21. The number of likely N-dealkylation sites (N-methyl/N-ethyl adjacent to an activating group) is 1. The van der Waals surface area contributed by atoms with Crippen LogP contribution >= 0.6 is 0 Å². The Morgan fingerprint density at radius 3 is 2.32 bits per heavy atom. The molecule has 0 heterocycles. The number of hydrogen-bond donors (Lipinski definition) is 1. The number of anilines is 1. The Balaban J connectivity index is 1.81. The first-order chi connectivity index (χ1) is 11.9. The maximum Gasteiger partial charge on any atom is 0.238 e. The minimum atomic E-state index is -0.00607. The lowest BCUT2D eigenvalue weighted by atomic mass is 10.1. The first-order valence-electron chi connectivity index (χ1n) is 8.61. The molecule has 0 saturated carbocycles. The number of carbonyl (C=O) groups is 1. The number of amides is 1. The van der Waals surface area contributed by atoms with E-state index in [4.69, 9.17) is 4.74 Å². The summed E-state index contributed by atoms with van der Waals surface area (Å²) in [5.74, 6) is 0.889. The van der Waals surface area contributed by atoms with Crippen molar-refractivity contribution < 1.29 is 9.53 Å². The predicted molar refractivity (Wildman–Crippen MR) is 103 cm³/mol. The van der Waals surface area contributed by atoms with E-state index in [-0.39, 0.29) is 5.91 Å². The molecule has 0 unspecified atom stereocenters. The van der Waals surface area contributed by atoms with Crippen LogP contribution in [0.3, 0.4) is 0 Å². The number of para-hydroxylation sites is 1. The molecule has 0 aliphatic heterocycles. The quantitative estimate of drug-likeness (QED) is 0.832. The average molecular weight is 340 g/mol. The van der Waals surface area contributed by atoms with Gasteiger partial charge >= 0.3 is 0 Å². The summed E-state index contributed by atoms with van der Waals surface area (Å²) in [6.45, 7) is 9.71. The van der Waals surface area contributed by atoms with Crippen LogP contribution in [0.15, 0.2) is 36.4 Å². The standard InChI is InChI=1S/C21H28N2O2/c1-15-12-17(3)21(18(4)13-15)22-20(24)14-23(5)10-11-25-19-9-7-6-8-16(19)2/h6-9,12-13H,10-11,14H2,1-5H3,(H,22,24). The molecular weight excluding hydrogens is 312 g/mol. The van der Waals surface area contributed by atoms with Gasteiger partial charge in [-0.1, -0.05) is 35.9 Å². The third-order valence-corrected chi connectivity index (χ3v) is 4.18. The van der Waals surface area contributed by atoms with Gasteiger partial charge in [0.1, 0.15) is 12.4 Å². The molecule has 2 aromatic carbocycles. The van der Waals surface area contributed by atoms with Gasteiger partial charge in [-0.2, -0.15) is 0 Å². The summed E-state index contributed by atoms with van der Waals surface area (Å²) in [7, 11) is 1.93. The second-order valence-corrected chi connectivity index (χ2v) is 6.67. The second-order valence-electron chi connectivity index (χ2n) is 6.67. The van der Waals surface area contributed by atoms with E-state index in [2.05, 4.69) is 24.4 Å². The van der Waals surface area contributed by atoms with Crippen LogP contribution in [0.2, 0.25) is 0 Å². The molecule has 0 spiro atoms. The smallest absolute Gasteiger partial charge is 0.238 e. The molecule has 2 rings (SSSR count). The Morgan fingerprint density at radius 2 is 1.68 bits per heavy atom. The van der Waals surface area contributed by atoms with Crippen molar-refractivity contribution in [2.45, 2.75) is 27.7 Å². The van der Waals surface area contributed by atoms with Gasteiger partial charge in [0.2, 0.25) is 5.91 Å². The van der Waals surface area contributed by atoms with Crippen molar-refractivity contribution in [1.29, 1.82) is 0 Å². The average Bonchev–Trinajstić information content (AvgIpc) is 2.52. The molecule has 1 amide bonds. The molecule has 0 atom stereocenters. The summed E-state index contributed by atoms with van der Waals surface area (Å²) in [5, 5.41) is 3.03. The van der Waals surface area contributed by atoms with Gasteiger partial charge in [0.15, 0.2) is 0 Å². The van der Waals surface area contributed by atoms with Gasteiger partial charge in [0.05, 0.1) is 6.54 Å². The number of carbonyl (C=O) groups excluding carboxylic acids is 1. The van der Waals surface area contributed by atoms with E-state index in [9.17, 15) is 4.79 Å². The molecule has 0 radical (unpaired) electrons. The van der Waals surface area contributed by atoms with Crippen molar-refractivity contribution in [3.63, 3.8) is 0 Å². The van der Waals surface area contributed by atoms with E-state index in [0.717, 1.165) is 28.1 Å². The monoisotopic (exact) mass is 340 g/mol. The van der Waals surface area contributed by atoms with E-state index >= 15 is 0 Å². The molecule has 0 aliphatic rings. The van der Waals surface area contributed by atoms with Crippen molar-refractivity contribution in [2.75, 3.05) is 32.1 Å². The number of rotatable bonds is 7. The van der Waals surface area contributed by atoms with E-state index < -0.39 is 0 Å². The van der Waals surface area contributed by atoms with Crippen LogP contribution in [0.1, 0.15) is 22.3 Å². The maximum atomic E-state index is 12.3. The first kappa shape index (κ1) is 19.0. The summed E-state index contributed by atoms with van der Waals surface area (Å²) in [6, 6.07) is 12.1. The molecule has 134 valence electrons. The lowest BCUT2D eigenvalue weighted by molar-refractivity contribution is -0.117. The fourth-order valence-corrected chi connectivity index (χ4v) is 2.91. The molecule has 4 heteroatoms. The van der Waals surface area contributed by atoms with E-state index in [1.807, 2.05) is 57.0 Å². The Morgan fingerprint density at radius 1 is 1.04 bits per heavy atom. The Bertz CT molecular complexity index is 717. The van der Waals surface area contributed by atoms with Crippen LogP contribution in [0.5, 0.6) is 5.75 Å². The topological polar surface area (TPSA) is 41.6 Å². The molecule has 0 aromatic heterocycles. The molecule has 0 fully saturated rings. The molecule has 0 saturated heterocycles. The van der Waals surface area contributed by atoms with Crippen molar-refractivity contribution in [3.8, 4) is 5.75 Å². The lowest BCUT2D eigenvalue weighted by Crippen LogP contribution is -2.33. The van der Waals surface area contributed by atoms with Gasteiger partial charge in [-0.3, -0.25) is 9.69 Å². The largest absolute Gasteiger partial charge is 0.492 e. The number of hydrogen-bond acceptors (Lipinski definition) is 3. The van der Waals surface area contributed by atoms with Gasteiger partial charge in [-0.25, -0.2) is 0 Å². The third-order valence-electron chi connectivity index (χ3n) is 4.18. The number of benzene rings is 2. The van der Waals surface area contributed by atoms with Crippen LogP contribution in [0, 0.1) is 27.7 Å². The maximum absolute atomic E-state index is 12.3. The van der Waals surface area contributed by atoms with Crippen molar-refractivity contribution in [3.05, 3.63) is 58.7 Å². The number of nitrogens with one attached hydrogen (secondary N) is 1. The summed E-state index contributed by atoms with van der Waals surface area (Å²) < 4.78 is 5.79. The second kappa shape index (κ2) is 8.67. The highest BCUT2D eigenvalue weighted by atomic mass is 16.5. The van der Waals surface area contributed by atoms with E-state index in [0.29, 0.717) is 19.7 Å². The zero-order chi connectivity index (χ0) is 18.4. The molecule has 0 aliphatic carbocycles. The third kappa shape index (κ3) is 5.61. The summed E-state index contributed by atoms with van der Waals surface area (Å²) in [5.41, 5.74) is 5.43. The van der Waals surface area contributed by atoms with Gasteiger partial charge in [0.25, 0.3) is 0 Å². The van der Waals surface area contributed by atoms with E-state index in [1.54, 1.807) is 0 Å². The van der Waals surface area contributed by atoms with Crippen molar-refractivity contribution in [2.24, 2.45) is 0 Å². The summed E-state index contributed by atoms with van der Waals surface area (Å²) in [6.07, 6.45) is 0. The molecular formula is C21H28N2O2. The zero-order valence-corrected chi connectivity index (χ0v) is 15.8. The van der Waals surface area contributed by atoms with Gasteiger partial charge < -0.3 is 10.1 Å². The highest BCUT2D eigenvalue weighted by molar-refractivity contribution is 5.93. The number of aryl methyl sites for hydroxylation is 4. The first-order valence-corrected chi connectivity index (χ1v) is 8.61. The number of nitrogens with zero attached hydrogens (tertiary/aromatic N) is 1. The van der Waals surface area contributed by atoms with E-state index in [1.165, 1.54) is 5.56 Å². The molecule has 4 nitrogen and oxygen atoms in total. The van der Waals surface area contributed by atoms with Crippen LogP contribution in [-0.2, 0) is 4.79 Å². The minimum Gasteiger partial charge on any atom is -0.492 e. The number of ether oxygens (including phenoxy) is 1. The van der Waals surface area contributed by atoms with Crippen LogP contribution in [0.4, 0.5) is 5.69 Å². The molecule has 25 heavy (non-hydrogen) atoms. The Hall–Kier alpha value is -2.33. The highest BCUT2D eigenvalue weighted by Gasteiger charge is 2.11.